The number of benzene rings is 1. The molecular formula is C25H35N3O7Si. The summed E-state index contributed by atoms with van der Waals surface area (Å²) in [5.74, 6) is -0.762. The molecule has 0 saturated carbocycles. The maximum absolute atomic E-state index is 13.9. The third kappa shape index (κ3) is 3.67. The van der Waals surface area contributed by atoms with Crippen molar-refractivity contribution in [3.05, 3.63) is 23.8 Å². The number of amides is 3. The van der Waals surface area contributed by atoms with Gasteiger partial charge in [-0.25, -0.2) is 4.79 Å². The number of likely N-dealkylation sites (N-methyl/N-ethyl adjacent to an activating group) is 1. The smallest absolute Gasteiger partial charge is 0.414 e. The zero-order valence-electron chi connectivity index (χ0n) is 21.3. The Balaban J connectivity index is 1.54. The maximum Gasteiger partial charge on any atom is 0.414 e. The van der Waals surface area contributed by atoms with Crippen molar-refractivity contribution in [2.24, 2.45) is 5.92 Å². The van der Waals surface area contributed by atoms with Crippen LogP contribution < -0.4 is 9.80 Å². The van der Waals surface area contributed by atoms with Crippen LogP contribution in [0, 0.1) is 5.92 Å². The fraction of sp³-hybridized carbons (Fsp3) is 0.640. The number of carbonyl (C=O) groups excluding carboxylic acids is 3. The number of nitrogens with zero attached hydrogens (tertiary/aromatic N) is 3. The largest absolute Gasteiger partial charge is 0.447 e. The van der Waals surface area contributed by atoms with E-state index in [1.165, 1.54) is 4.90 Å². The van der Waals surface area contributed by atoms with E-state index in [-0.39, 0.29) is 36.4 Å². The van der Waals surface area contributed by atoms with Crippen molar-refractivity contribution < 1.29 is 33.8 Å². The molecule has 1 aromatic rings. The van der Waals surface area contributed by atoms with E-state index in [2.05, 4.69) is 0 Å². The van der Waals surface area contributed by atoms with Gasteiger partial charge in [0.15, 0.2) is 13.9 Å². The van der Waals surface area contributed by atoms with Crippen LogP contribution in [0.5, 0.6) is 0 Å². The van der Waals surface area contributed by atoms with E-state index in [4.69, 9.17) is 9.47 Å². The van der Waals surface area contributed by atoms with Gasteiger partial charge in [0.1, 0.15) is 6.61 Å². The Morgan fingerprint density at radius 2 is 2.00 bits per heavy atom. The van der Waals surface area contributed by atoms with Crippen LogP contribution >= 0.6 is 0 Å². The molecule has 0 unspecified atom stereocenters. The lowest BCUT2D eigenvalue weighted by Gasteiger charge is -2.32. The minimum absolute atomic E-state index is 0.0364. The summed E-state index contributed by atoms with van der Waals surface area (Å²) in [5, 5.41) is 9.70. The summed E-state index contributed by atoms with van der Waals surface area (Å²) in [6.07, 6.45) is 0.551. The van der Waals surface area contributed by atoms with Crippen molar-refractivity contribution in [3.8, 4) is 0 Å². The summed E-state index contributed by atoms with van der Waals surface area (Å²) in [6.45, 7) is 6.78. The van der Waals surface area contributed by atoms with Gasteiger partial charge >= 0.3 is 6.09 Å². The molecule has 0 radical (unpaired) electrons. The highest BCUT2D eigenvalue weighted by atomic mass is 28.4. The normalized spacial score (nSPS) is 32.1. The van der Waals surface area contributed by atoms with Crippen LogP contribution in [-0.4, -0.2) is 86.5 Å². The molecule has 0 bridgehead atoms. The Labute approximate surface area is 211 Å². The van der Waals surface area contributed by atoms with Crippen molar-refractivity contribution in [1.82, 2.24) is 4.90 Å². The first-order valence-corrected chi connectivity index (χ1v) is 15.7. The van der Waals surface area contributed by atoms with E-state index in [0.717, 1.165) is 12.8 Å². The molecule has 11 heteroatoms. The fourth-order valence-corrected chi connectivity index (χ4v) is 9.36. The van der Waals surface area contributed by atoms with Gasteiger partial charge in [-0.15, -0.1) is 0 Å². The average Bonchev–Trinajstić information content (AvgIpc) is 3.57. The van der Waals surface area contributed by atoms with Crippen LogP contribution in [0.4, 0.5) is 16.2 Å². The van der Waals surface area contributed by atoms with Gasteiger partial charge in [0.25, 0.3) is 5.91 Å². The number of fused-ring (bicyclic) bond motifs is 2. The highest BCUT2D eigenvalue weighted by Gasteiger charge is 2.66. The van der Waals surface area contributed by atoms with Crippen LogP contribution in [0.3, 0.4) is 0 Å². The zero-order valence-corrected chi connectivity index (χ0v) is 22.3. The first-order valence-electron chi connectivity index (χ1n) is 12.7. The minimum Gasteiger partial charge on any atom is -0.447 e. The van der Waals surface area contributed by atoms with Crippen LogP contribution in [0.1, 0.15) is 31.7 Å². The molecule has 3 fully saturated rings. The Hall–Kier alpha value is -2.47. The number of rotatable bonds is 5. The molecule has 0 aliphatic carbocycles. The lowest BCUT2D eigenvalue weighted by atomic mass is 9.82. The Morgan fingerprint density at radius 3 is 2.64 bits per heavy atom. The molecular weight excluding hydrogens is 482 g/mol. The number of hydrogen-bond donors (Lipinski definition) is 2. The molecule has 36 heavy (non-hydrogen) atoms. The van der Waals surface area contributed by atoms with E-state index >= 15 is 0 Å². The summed E-state index contributed by atoms with van der Waals surface area (Å²) < 4.78 is 11.8. The van der Waals surface area contributed by atoms with Gasteiger partial charge in [-0.3, -0.25) is 14.5 Å². The van der Waals surface area contributed by atoms with Crippen LogP contribution in [0.2, 0.25) is 18.6 Å². The van der Waals surface area contributed by atoms with Crippen molar-refractivity contribution in [2.45, 2.75) is 62.6 Å². The van der Waals surface area contributed by atoms with Crippen LogP contribution in [-0.2, 0) is 24.7 Å². The van der Waals surface area contributed by atoms with Gasteiger partial charge in [-0.2, -0.15) is 0 Å². The lowest BCUT2D eigenvalue weighted by molar-refractivity contribution is -0.149. The first-order chi connectivity index (χ1) is 17.0. The van der Waals surface area contributed by atoms with Gasteiger partial charge < -0.3 is 29.2 Å². The molecule has 3 amide bonds. The first kappa shape index (κ1) is 25.2. The predicted octanol–water partition coefficient (Wildman–Crippen LogP) is 1.79. The predicted molar refractivity (Wildman–Crippen MR) is 134 cm³/mol. The summed E-state index contributed by atoms with van der Waals surface area (Å²) in [5.41, 5.74) is 0.209. The van der Waals surface area contributed by atoms with E-state index in [1.807, 2.05) is 32.2 Å². The second kappa shape index (κ2) is 8.82. The molecule has 5 rings (SSSR count). The Kier molecular flexibility index (Phi) is 6.17. The Bertz CT molecular complexity index is 1090. The number of anilines is 2. The van der Waals surface area contributed by atoms with Crippen molar-refractivity contribution in [3.63, 3.8) is 0 Å². The van der Waals surface area contributed by atoms with Crippen LogP contribution in [0.15, 0.2) is 18.2 Å². The van der Waals surface area contributed by atoms with Gasteiger partial charge in [-0.05, 0) is 44.1 Å². The molecule has 0 aromatic heterocycles. The SMILES string of the molecule is C[C@H]1[C@H]([Si](C)(C)O)[C@@H](CC(=O)N2CCC[C@H]2CO)O[C@]12C(=O)N(C)c1ccc(N3CCOC3=O)cc12. The lowest BCUT2D eigenvalue weighted by Crippen LogP contribution is -2.45. The van der Waals surface area contributed by atoms with Crippen molar-refractivity contribution in [2.75, 3.05) is 43.2 Å². The second-order valence-electron chi connectivity index (χ2n) is 11.0. The molecule has 4 aliphatic heterocycles. The monoisotopic (exact) mass is 517 g/mol. The second-order valence-corrected chi connectivity index (χ2v) is 14.9. The molecule has 1 aromatic carbocycles. The van der Waals surface area contributed by atoms with Crippen LogP contribution in [0.25, 0.3) is 0 Å². The number of hydrogen-bond acceptors (Lipinski definition) is 7. The standard InChI is InChI=1S/C25H35N3O7Si/c1-15-22(36(3,4)33)20(13-21(30)27-9-5-6-17(27)14-29)35-25(15)18-12-16(28-10-11-34-24(28)32)7-8-19(18)26(2)23(25)31/h7-8,12,15,17,20,22,29,33H,5-6,9-11,13-14H2,1-4H3/t15-,17-,20+,22-,25+/m0/s1. The third-order valence-electron chi connectivity index (χ3n) is 8.45. The number of likely N-dealkylation sites (tertiary alicyclic amines) is 1. The van der Waals surface area contributed by atoms with Gasteiger partial charge in [0.2, 0.25) is 5.91 Å². The minimum atomic E-state index is -2.90. The van der Waals surface area contributed by atoms with E-state index in [1.54, 1.807) is 22.9 Å². The van der Waals surface area contributed by atoms with Gasteiger partial charge in [0, 0.05) is 36.3 Å². The number of ether oxygens (including phenoxy) is 2. The molecule has 1 spiro atoms. The van der Waals surface area contributed by atoms with Gasteiger partial charge in [-0.1, -0.05) is 6.92 Å². The zero-order chi connectivity index (χ0) is 26.0. The Morgan fingerprint density at radius 1 is 1.25 bits per heavy atom. The fourth-order valence-electron chi connectivity index (χ4n) is 6.81. The maximum atomic E-state index is 13.9. The molecule has 2 N–H and O–H groups in total. The van der Waals surface area contributed by atoms with Crippen molar-refractivity contribution in [1.29, 1.82) is 0 Å². The summed E-state index contributed by atoms with van der Waals surface area (Å²) in [4.78, 5) is 55.5. The van der Waals surface area contributed by atoms with Crippen molar-refractivity contribution >= 4 is 37.6 Å². The summed E-state index contributed by atoms with van der Waals surface area (Å²) in [6, 6.07) is 5.21. The number of aliphatic hydroxyl groups excluding tert-OH is 1. The molecule has 196 valence electrons. The number of aliphatic hydroxyl groups is 1. The molecule has 3 saturated heterocycles. The number of carbonyl (C=O) groups is 3. The third-order valence-corrected chi connectivity index (χ3v) is 11.0. The van der Waals surface area contributed by atoms with Gasteiger partial charge in [0.05, 0.1) is 37.4 Å². The average molecular weight is 518 g/mol. The van der Waals surface area contributed by atoms with E-state index in [0.29, 0.717) is 36.6 Å². The highest BCUT2D eigenvalue weighted by molar-refractivity contribution is 6.71. The molecule has 4 aliphatic rings. The number of cyclic esters (lactones) is 1. The topological polar surface area (TPSA) is 120 Å². The van der Waals surface area contributed by atoms with E-state index < -0.39 is 32.0 Å². The quantitative estimate of drug-likeness (QED) is 0.572. The highest BCUT2D eigenvalue weighted by Crippen LogP contribution is 2.59. The summed E-state index contributed by atoms with van der Waals surface area (Å²) in [7, 11) is -1.20. The summed E-state index contributed by atoms with van der Waals surface area (Å²) >= 11 is 0. The molecule has 4 heterocycles. The molecule has 5 atom stereocenters. The van der Waals surface area contributed by atoms with E-state index in [9.17, 15) is 24.3 Å². The molecule has 10 nitrogen and oxygen atoms in total.